The average molecular weight is 341 g/mol. The molecule has 0 heterocycles. The number of halogens is 1. The number of carbonyl (C=O) groups is 2. The second kappa shape index (κ2) is 6.74. The third-order valence-corrected chi connectivity index (χ3v) is 3.95. The normalized spacial score (nSPS) is 21.4. The zero-order valence-corrected chi connectivity index (χ0v) is 12.5. The molecule has 2 amide bonds. The minimum atomic E-state index is -0.774. The Balaban J connectivity index is 1.75. The molecule has 108 valence electrons. The van der Waals surface area contributed by atoms with Gasteiger partial charge in [-0.25, -0.2) is 4.79 Å². The smallest absolute Gasteiger partial charge is 0.315 e. The maximum absolute atomic E-state index is 11.8. The van der Waals surface area contributed by atoms with Crippen molar-refractivity contribution in [2.45, 2.75) is 31.8 Å². The number of carbonyl (C=O) groups excluding carboxylic acids is 1. The van der Waals surface area contributed by atoms with Crippen molar-refractivity contribution in [1.29, 1.82) is 0 Å². The number of amides is 2. The van der Waals surface area contributed by atoms with Crippen LogP contribution in [0.5, 0.6) is 0 Å². The first-order valence-corrected chi connectivity index (χ1v) is 7.35. The van der Waals surface area contributed by atoms with Crippen molar-refractivity contribution in [3.63, 3.8) is 0 Å². The van der Waals surface area contributed by atoms with E-state index in [1.165, 1.54) is 0 Å². The summed E-state index contributed by atoms with van der Waals surface area (Å²) in [6, 6.07) is 7.42. The average Bonchev–Trinajstić information content (AvgIpc) is 2.85. The van der Waals surface area contributed by atoms with E-state index < -0.39 is 5.97 Å². The van der Waals surface area contributed by atoms with E-state index in [4.69, 9.17) is 5.11 Å². The SMILES string of the molecule is O=C(NCc1cccc(Br)c1)N[C@H]1CC[C@@H](C(=O)O)C1. The fourth-order valence-corrected chi connectivity index (χ4v) is 2.85. The Morgan fingerprint density at radius 1 is 1.35 bits per heavy atom. The van der Waals surface area contributed by atoms with Crippen molar-refractivity contribution in [3.05, 3.63) is 34.3 Å². The van der Waals surface area contributed by atoms with Gasteiger partial charge in [-0.2, -0.15) is 0 Å². The Kier molecular flexibility index (Phi) is 5.00. The molecule has 0 aliphatic heterocycles. The predicted octanol–water partition coefficient (Wildman–Crippen LogP) is 2.50. The van der Waals surface area contributed by atoms with Gasteiger partial charge in [0.2, 0.25) is 0 Å². The molecule has 1 saturated carbocycles. The maximum atomic E-state index is 11.8. The van der Waals surface area contributed by atoms with Crippen molar-refractivity contribution < 1.29 is 14.7 Å². The Hall–Kier alpha value is -1.56. The van der Waals surface area contributed by atoms with Crippen molar-refractivity contribution in [2.75, 3.05) is 0 Å². The quantitative estimate of drug-likeness (QED) is 0.787. The van der Waals surface area contributed by atoms with Crippen molar-refractivity contribution in [2.24, 2.45) is 5.92 Å². The summed E-state index contributed by atoms with van der Waals surface area (Å²) in [5.41, 5.74) is 1.00. The molecule has 0 unspecified atom stereocenters. The number of nitrogens with one attached hydrogen (secondary N) is 2. The lowest BCUT2D eigenvalue weighted by Gasteiger charge is -2.13. The second-order valence-corrected chi connectivity index (χ2v) is 5.92. The summed E-state index contributed by atoms with van der Waals surface area (Å²) in [7, 11) is 0. The number of carboxylic acid groups (broad SMARTS) is 1. The molecule has 1 aromatic carbocycles. The van der Waals surface area contributed by atoms with E-state index in [9.17, 15) is 9.59 Å². The Labute approximate surface area is 125 Å². The maximum Gasteiger partial charge on any atom is 0.315 e. The van der Waals surface area contributed by atoms with Gasteiger partial charge in [-0.15, -0.1) is 0 Å². The highest BCUT2D eigenvalue weighted by atomic mass is 79.9. The van der Waals surface area contributed by atoms with Crippen LogP contribution in [0.4, 0.5) is 4.79 Å². The zero-order valence-electron chi connectivity index (χ0n) is 10.9. The largest absolute Gasteiger partial charge is 0.481 e. The van der Waals surface area contributed by atoms with Gasteiger partial charge in [0.15, 0.2) is 0 Å². The molecule has 5 nitrogen and oxygen atoms in total. The van der Waals surface area contributed by atoms with Crippen LogP contribution >= 0.6 is 15.9 Å². The van der Waals surface area contributed by atoms with Crippen molar-refractivity contribution in [1.82, 2.24) is 10.6 Å². The minimum Gasteiger partial charge on any atom is -0.481 e. The monoisotopic (exact) mass is 340 g/mol. The summed E-state index contributed by atoms with van der Waals surface area (Å²) >= 11 is 3.38. The standard InChI is InChI=1S/C14H17BrN2O3/c15-11-3-1-2-9(6-11)8-16-14(20)17-12-5-4-10(7-12)13(18)19/h1-3,6,10,12H,4-5,7-8H2,(H,18,19)(H2,16,17,20)/t10-,12+/m1/s1. The molecule has 1 aliphatic rings. The van der Waals surface area contributed by atoms with Crippen LogP contribution < -0.4 is 10.6 Å². The van der Waals surface area contributed by atoms with Crippen LogP contribution in [0.25, 0.3) is 0 Å². The number of hydrogen-bond acceptors (Lipinski definition) is 2. The van der Waals surface area contributed by atoms with Crippen LogP contribution in [0.3, 0.4) is 0 Å². The molecule has 6 heteroatoms. The van der Waals surface area contributed by atoms with E-state index >= 15 is 0 Å². The fraction of sp³-hybridized carbons (Fsp3) is 0.429. The molecule has 3 N–H and O–H groups in total. The highest BCUT2D eigenvalue weighted by Crippen LogP contribution is 2.25. The van der Waals surface area contributed by atoms with Gasteiger partial charge in [0.05, 0.1) is 5.92 Å². The lowest BCUT2D eigenvalue weighted by molar-refractivity contribution is -0.141. The summed E-state index contributed by atoms with van der Waals surface area (Å²) in [4.78, 5) is 22.6. The summed E-state index contributed by atoms with van der Waals surface area (Å²) in [6.45, 7) is 0.445. The zero-order chi connectivity index (χ0) is 14.5. The van der Waals surface area contributed by atoms with Crippen LogP contribution in [0.2, 0.25) is 0 Å². The van der Waals surface area contributed by atoms with Gasteiger partial charge in [0, 0.05) is 17.1 Å². The first kappa shape index (κ1) is 14.8. The molecule has 2 atom stereocenters. The first-order valence-electron chi connectivity index (χ1n) is 6.56. The fourth-order valence-electron chi connectivity index (χ4n) is 2.40. The lowest BCUT2D eigenvalue weighted by Crippen LogP contribution is -2.40. The van der Waals surface area contributed by atoms with Crippen LogP contribution in [0, 0.1) is 5.92 Å². The number of carboxylic acids is 1. The molecule has 0 bridgehead atoms. The molecule has 0 spiro atoms. The molecule has 2 rings (SSSR count). The van der Waals surface area contributed by atoms with Gasteiger partial charge in [-0.1, -0.05) is 28.1 Å². The highest BCUT2D eigenvalue weighted by Gasteiger charge is 2.30. The Morgan fingerprint density at radius 2 is 2.15 bits per heavy atom. The van der Waals surface area contributed by atoms with E-state index in [0.717, 1.165) is 16.5 Å². The van der Waals surface area contributed by atoms with E-state index in [0.29, 0.717) is 19.4 Å². The lowest BCUT2D eigenvalue weighted by atomic mass is 10.1. The molecule has 1 aliphatic carbocycles. The number of aliphatic carboxylic acids is 1. The van der Waals surface area contributed by atoms with E-state index in [2.05, 4.69) is 26.6 Å². The summed E-state index contributed by atoms with van der Waals surface area (Å²) in [5.74, 6) is -1.10. The van der Waals surface area contributed by atoms with E-state index in [-0.39, 0.29) is 18.0 Å². The van der Waals surface area contributed by atoms with Crippen LogP contribution in [-0.2, 0) is 11.3 Å². The summed E-state index contributed by atoms with van der Waals surface area (Å²) < 4.78 is 0.970. The Morgan fingerprint density at radius 3 is 2.80 bits per heavy atom. The number of benzene rings is 1. The number of urea groups is 1. The third-order valence-electron chi connectivity index (χ3n) is 3.46. The van der Waals surface area contributed by atoms with Gasteiger partial charge in [0.1, 0.15) is 0 Å². The second-order valence-electron chi connectivity index (χ2n) is 5.00. The Bertz CT molecular complexity index is 507. The molecular weight excluding hydrogens is 324 g/mol. The summed E-state index contributed by atoms with van der Waals surface area (Å²) in [5, 5.41) is 14.5. The van der Waals surface area contributed by atoms with Gasteiger partial charge in [-0.05, 0) is 37.0 Å². The third kappa shape index (κ3) is 4.23. The molecule has 20 heavy (non-hydrogen) atoms. The topological polar surface area (TPSA) is 78.4 Å². The van der Waals surface area contributed by atoms with Gasteiger partial charge in [0.25, 0.3) is 0 Å². The van der Waals surface area contributed by atoms with Crippen molar-refractivity contribution in [3.8, 4) is 0 Å². The van der Waals surface area contributed by atoms with Gasteiger partial charge in [-0.3, -0.25) is 4.79 Å². The molecule has 1 fully saturated rings. The van der Waals surface area contributed by atoms with Crippen molar-refractivity contribution >= 4 is 27.9 Å². The molecule has 1 aromatic rings. The van der Waals surface area contributed by atoms with Crippen LogP contribution in [0.1, 0.15) is 24.8 Å². The van der Waals surface area contributed by atoms with Gasteiger partial charge < -0.3 is 15.7 Å². The van der Waals surface area contributed by atoms with E-state index in [1.807, 2.05) is 24.3 Å². The van der Waals surface area contributed by atoms with E-state index in [1.54, 1.807) is 0 Å². The van der Waals surface area contributed by atoms with Crippen LogP contribution in [-0.4, -0.2) is 23.1 Å². The first-order chi connectivity index (χ1) is 9.54. The predicted molar refractivity (Wildman–Crippen MR) is 78.3 cm³/mol. The summed E-state index contributed by atoms with van der Waals surface area (Å²) in [6.07, 6.45) is 1.87. The molecule has 0 saturated heterocycles. The number of hydrogen-bond donors (Lipinski definition) is 3. The highest BCUT2D eigenvalue weighted by molar-refractivity contribution is 9.10. The molecule has 0 radical (unpaired) electrons. The van der Waals surface area contributed by atoms with Crippen LogP contribution in [0.15, 0.2) is 28.7 Å². The van der Waals surface area contributed by atoms with Gasteiger partial charge >= 0.3 is 12.0 Å². The molecule has 0 aromatic heterocycles. The molecular formula is C14H17BrN2O3. The minimum absolute atomic E-state index is 0.0430. The number of rotatable bonds is 4.